The minimum absolute atomic E-state index is 0.177. The van der Waals surface area contributed by atoms with Crippen molar-refractivity contribution in [2.24, 2.45) is 5.41 Å². The van der Waals surface area contributed by atoms with Crippen LogP contribution in [-0.4, -0.2) is 42.0 Å². The number of ether oxygens (including phenoxy) is 1. The molecule has 1 N–H and O–H groups in total. The summed E-state index contributed by atoms with van der Waals surface area (Å²) in [4.78, 5) is 25.7. The summed E-state index contributed by atoms with van der Waals surface area (Å²) in [5.74, 6) is -0.107. The zero-order valence-electron chi connectivity index (χ0n) is 10.9. The van der Waals surface area contributed by atoms with Crippen molar-refractivity contribution in [1.29, 1.82) is 0 Å². The first-order chi connectivity index (χ1) is 9.16. The lowest BCUT2D eigenvalue weighted by atomic mass is 9.74. The van der Waals surface area contributed by atoms with Gasteiger partial charge in [-0.2, -0.15) is 0 Å². The van der Waals surface area contributed by atoms with Crippen molar-refractivity contribution in [3.63, 3.8) is 0 Å². The number of rotatable bonds is 1. The van der Waals surface area contributed by atoms with E-state index in [0.29, 0.717) is 12.1 Å². The molecule has 0 aromatic rings. The minimum atomic E-state index is -0.325. The Morgan fingerprint density at radius 3 is 2.63 bits per heavy atom. The van der Waals surface area contributed by atoms with Crippen LogP contribution in [-0.2, 0) is 14.3 Å². The zero-order valence-corrected chi connectivity index (χ0v) is 10.9. The third-order valence-electron chi connectivity index (χ3n) is 5.12. The van der Waals surface area contributed by atoms with Gasteiger partial charge in [0.2, 0.25) is 5.91 Å². The van der Waals surface area contributed by atoms with Gasteiger partial charge in [0.25, 0.3) is 0 Å². The van der Waals surface area contributed by atoms with Crippen molar-refractivity contribution < 1.29 is 14.3 Å². The second kappa shape index (κ2) is 3.82. The Labute approximate surface area is 112 Å². The Balaban J connectivity index is 1.59. The number of carbonyl (C=O) groups is 2. The monoisotopic (exact) mass is 262 g/mol. The highest BCUT2D eigenvalue weighted by Gasteiger charge is 2.53. The van der Waals surface area contributed by atoms with Gasteiger partial charge in [0.15, 0.2) is 0 Å². The second-order valence-electron chi connectivity index (χ2n) is 6.28. The van der Waals surface area contributed by atoms with Gasteiger partial charge >= 0.3 is 5.97 Å². The summed E-state index contributed by atoms with van der Waals surface area (Å²) in [7, 11) is 0. The van der Waals surface area contributed by atoms with Crippen LogP contribution >= 0.6 is 0 Å². The van der Waals surface area contributed by atoms with E-state index in [2.05, 4.69) is 5.32 Å². The second-order valence-corrected chi connectivity index (χ2v) is 6.28. The molecule has 4 aliphatic rings. The van der Waals surface area contributed by atoms with Crippen LogP contribution in [0.25, 0.3) is 0 Å². The van der Waals surface area contributed by atoms with Crippen LogP contribution in [0.15, 0.2) is 11.8 Å². The van der Waals surface area contributed by atoms with Crippen molar-refractivity contribution >= 4 is 11.9 Å². The van der Waals surface area contributed by atoms with Crippen molar-refractivity contribution in [1.82, 2.24) is 10.2 Å². The van der Waals surface area contributed by atoms with Crippen LogP contribution < -0.4 is 5.32 Å². The van der Waals surface area contributed by atoms with Gasteiger partial charge in [0, 0.05) is 24.7 Å². The molecule has 3 fully saturated rings. The number of nitrogens with one attached hydrogen (secondary N) is 1. The Morgan fingerprint density at radius 2 is 2.00 bits per heavy atom. The van der Waals surface area contributed by atoms with Crippen LogP contribution in [0.1, 0.15) is 32.1 Å². The number of fused-ring (bicyclic) bond motifs is 2. The number of hydrogen-bond donors (Lipinski definition) is 1. The molecule has 2 unspecified atom stereocenters. The Kier molecular flexibility index (Phi) is 2.31. The number of likely N-dealkylation sites (tertiary alicyclic amines) is 1. The first kappa shape index (κ1) is 11.5. The lowest BCUT2D eigenvalue weighted by Crippen LogP contribution is -2.48. The fourth-order valence-electron chi connectivity index (χ4n) is 4.24. The van der Waals surface area contributed by atoms with Crippen molar-refractivity contribution in [2.75, 3.05) is 13.2 Å². The molecule has 0 aromatic carbocycles. The van der Waals surface area contributed by atoms with Gasteiger partial charge in [-0.1, -0.05) is 0 Å². The van der Waals surface area contributed by atoms with Crippen molar-refractivity contribution in [3.8, 4) is 0 Å². The van der Waals surface area contributed by atoms with Crippen LogP contribution in [0.4, 0.5) is 0 Å². The molecule has 19 heavy (non-hydrogen) atoms. The predicted octanol–water partition coefficient (Wildman–Crippen LogP) is 0.560. The molecule has 4 aliphatic heterocycles. The number of hydrogen-bond acceptors (Lipinski definition) is 4. The lowest BCUT2D eigenvalue weighted by molar-refractivity contribution is -0.138. The van der Waals surface area contributed by atoms with Crippen molar-refractivity contribution in [2.45, 2.75) is 44.2 Å². The molecule has 0 saturated carbocycles. The Hall–Kier alpha value is -1.36. The maximum Gasteiger partial charge on any atom is 0.333 e. The fraction of sp³-hybridized carbons (Fsp3) is 0.714. The van der Waals surface area contributed by atoms with E-state index in [1.54, 1.807) is 4.90 Å². The van der Waals surface area contributed by atoms with Crippen LogP contribution in [0.5, 0.6) is 0 Å². The standard InChI is InChI=1S/C14H18N2O3/c17-12-5-11(8-19-12)16-4-3-14(13(16)18)6-9-1-2-10(7-14)15-9/h5,9-10,15H,1-4,6-8H2. The molecule has 2 bridgehead atoms. The molecule has 0 aromatic heterocycles. The SMILES string of the molecule is O=C1C=C(N2CCC3(CC4CCC(C3)N4)C2=O)CO1. The highest BCUT2D eigenvalue weighted by atomic mass is 16.5. The zero-order chi connectivity index (χ0) is 13.0. The molecule has 1 amide bonds. The van der Waals surface area contributed by atoms with E-state index in [1.807, 2.05) is 0 Å². The first-order valence-corrected chi connectivity index (χ1v) is 7.12. The third kappa shape index (κ3) is 1.64. The molecule has 2 atom stereocenters. The quantitative estimate of drug-likeness (QED) is 0.702. The minimum Gasteiger partial charge on any atom is -0.456 e. The third-order valence-corrected chi connectivity index (χ3v) is 5.12. The molecular formula is C14H18N2O3. The van der Waals surface area contributed by atoms with E-state index in [9.17, 15) is 9.59 Å². The summed E-state index contributed by atoms with van der Waals surface area (Å²) in [6.07, 6.45) is 6.70. The van der Waals surface area contributed by atoms with E-state index in [-0.39, 0.29) is 23.9 Å². The van der Waals surface area contributed by atoms with E-state index in [4.69, 9.17) is 4.74 Å². The van der Waals surface area contributed by atoms with Crippen LogP contribution in [0.3, 0.4) is 0 Å². The fourth-order valence-corrected chi connectivity index (χ4v) is 4.24. The van der Waals surface area contributed by atoms with Gasteiger partial charge < -0.3 is 15.0 Å². The highest BCUT2D eigenvalue weighted by Crippen LogP contribution is 2.48. The molecule has 4 heterocycles. The topological polar surface area (TPSA) is 58.6 Å². The average molecular weight is 262 g/mol. The highest BCUT2D eigenvalue weighted by molar-refractivity contribution is 5.90. The molecular weight excluding hydrogens is 244 g/mol. The largest absolute Gasteiger partial charge is 0.456 e. The van der Waals surface area contributed by atoms with Crippen LogP contribution in [0, 0.1) is 5.41 Å². The number of piperidine rings is 1. The lowest BCUT2D eigenvalue weighted by Gasteiger charge is -2.36. The molecule has 5 heteroatoms. The Bertz CT molecular complexity index is 473. The van der Waals surface area contributed by atoms with Gasteiger partial charge in [-0.25, -0.2) is 4.79 Å². The van der Waals surface area contributed by atoms with Gasteiger partial charge in [0.1, 0.15) is 6.61 Å². The van der Waals surface area contributed by atoms with Crippen LogP contribution in [0.2, 0.25) is 0 Å². The smallest absolute Gasteiger partial charge is 0.333 e. The van der Waals surface area contributed by atoms with Gasteiger partial charge in [-0.15, -0.1) is 0 Å². The predicted molar refractivity (Wildman–Crippen MR) is 67.0 cm³/mol. The van der Waals surface area contributed by atoms with Crippen molar-refractivity contribution in [3.05, 3.63) is 11.8 Å². The van der Waals surface area contributed by atoms with E-state index in [0.717, 1.165) is 31.5 Å². The molecule has 4 rings (SSSR count). The maximum atomic E-state index is 12.8. The average Bonchev–Trinajstić information content (AvgIpc) is 3.03. The first-order valence-electron chi connectivity index (χ1n) is 7.12. The summed E-state index contributed by atoms with van der Waals surface area (Å²) >= 11 is 0. The number of esters is 1. The van der Waals surface area contributed by atoms with Gasteiger partial charge in [-0.05, 0) is 32.1 Å². The van der Waals surface area contributed by atoms with E-state index in [1.165, 1.54) is 18.9 Å². The molecule has 3 saturated heterocycles. The summed E-state index contributed by atoms with van der Waals surface area (Å²) < 4.78 is 4.92. The number of carbonyl (C=O) groups excluding carboxylic acids is 2. The number of amides is 1. The van der Waals surface area contributed by atoms with E-state index < -0.39 is 0 Å². The summed E-state index contributed by atoms with van der Waals surface area (Å²) in [5, 5.41) is 3.59. The molecule has 0 aliphatic carbocycles. The number of nitrogens with zero attached hydrogens (tertiary/aromatic N) is 1. The molecule has 102 valence electrons. The maximum absolute atomic E-state index is 12.8. The van der Waals surface area contributed by atoms with Gasteiger partial charge in [0.05, 0.1) is 11.1 Å². The summed E-state index contributed by atoms with van der Waals surface area (Å²) in [6, 6.07) is 1.02. The van der Waals surface area contributed by atoms with Gasteiger partial charge in [-0.3, -0.25) is 4.79 Å². The van der Waals surface area contributed by atoms with E-state index >= 15 is 0 Å². The Morgan fingerprint density at radius 1 is 1.26 bits per heavy atom. The molecule has 1 spiro atoms. The number of cyclic esters (lactones) is 1. The summed E-state index contributed by atoms with van der Waals surface area (Å²) in [5.41, 5.74) is 0.571. The normalized spacial score (nSPS) is 41.1. The summed E-state index contributed by atoms with van der Waals surface area (Å²) in [6.45, 7) is 0.993. The molecule has 5 nitrogen and oxygen atoms in total. The molecule has 0 radical (unpaired) electrons.